The van der Waals surface area contributed by atoms with E-state index in [1.165, 1.54) is 51.7 Å². The average molecular weight is 254 g/mol. The molecule has 18 heavy (non-hydrogen) atoms. The zero-order chi connectivity index (χ0) is 13.4. The van der Waals surface area contributed by atoms with Crippen molar-refractivity contribution < 1.29 is 0 Å². The molecule has 0 bridgehead atoms. The fourth-order valence-corrected chi connectivity index (χ4v) is 3.31. The van der Waals surface area contributed by atoms with Crippen molar-refractivity contribution in [3.05, 3.63) is 0 Å². The van der Waals surface area contributed by atoms with Crippen LogP contribution in [0.15, 0.2) is 0 Å². The number of nitrogens with one attached hydrogen (secondary N) is 1. The highest BCUT2D eigenvalue weighted by Gasteiger charge is 2.24. The summed E-state index contributed by atoms with van der Waals surface area (Å²) in [5.74, 6) is 1.69. The number of hydrogen-bond acceptors (Lipinski definition) is 2. The minimum absolute atomic E-state index is 0.717. The van der Waals surface area contributed by atoms with Gasteiger partial charge in [0.1, 0.15) is 0 Å². The molecule has 1 rings (SSSR count). The van der Waals surface area contributed by atoms with Crippen LogP contribution < -0.4 is 5.32 Å². The third kappa shape index (κ3) is 5.71. The third-order valence-electron chi connectivity index (χ3n) is 4.21. The molecule has 0 aromatic rings. The lowest BCUT2D eigenvalue weighted by molar-refractivity contribution is 0.177. The summed E-state index contributed by atoms with van der Waals surface area (Å²) in [6.07, 6.45) is 7.23. The maximum absolute atomic E-state index is 3.75. The first-order valence-corrected chi connectivity index (χ1v) is 8.13. The molecule has 0 amide bonds. The Hall–Kier alpha value is -0.0800. The van der Waals surface area contributed by atoms with Crippen molar-refractivity contribution in [2.75, 3.05) is 26.2 Å². The van der Waals surface area contributed by atoms with E-state index in [0.717, 1.165) is 18.4 Å². The van der Waals surface area contributed by atoms with Crippen LogP contribution in [0.5, 0.6) is 0 Å². The molecule has 0 aromatic heterocycles. The average Bonchev–Trinajstić information content (AvgIpc) is 2.37. The van der Waals surface area contributed by atoms with Crippen LogP contribution in [0, 0.1) is 11.8 Å². The highest BCUT2D eigenvalue weighted by Crippen LogP contribution is 2.27. The predicted octanol–water partition coefficient (Wildman–Crippen LogP) is 3.52. The summed E-state index contributed by atoms with van der Waals surface area (Å²) in [7, 11) is 0. The van der Waals surface area contributed by atoms with Crippen molar-refractivity contribution in [2.24, 2.45) is 11.8 Å². The van der Waals surface area contributed by atoms with Gasteiger partial charge in [-0.3, -0.25) is 0 Å². The van der Waals surface area contributed by atoms with Crippen LogP contribution >= 0.6 is 0 Å². The Balaban J connectivity index is 2.48. The van der Waals surface area contributed by atoms with E-state index in [2.05, 4.69) is 37.9 Å². The van der Waals surface area contributed by atoms with Gasteiger partial charge in [-0.15, -0.1) is 0 Å². The normalized spacial score (nSPS) is 19.7. The van der Waals surface area contributed by atoms with Gasteiger partial charge in [0.15, 0.2) is 0 Å². The first-order valence-electron chi connectivity index (χ1n) is 8.13. The molecule has 108 valence electrons. The smallest absolute Gasteiger partial charge is 0.0223 e. The van der Waals surface area contributed by atoms with Crippen molar-refractivity contribution in [1.29, 1.82) is 0 Å². The molecule has 1 atom stereocenters. The first-order chi connectivity index (χ1) is 8.67. The topological polar surface area (TPSA) is 15.3 Å². The summed E-state index contributed by atoms with van der Waals surface area (Å²) in [6.45, 7) is 14.0. The summed E-state index contributed by atoms with van der Waals surface area (Å²) in [5.41, 5.74) is 0. The Labute approximate surface area is 115 Å². The van der Waals surface area contributed by atoms with Crippen LogP contribution in [-0.4, -0.2) is 37.1 Å². The Morgan fingerprint density at radius 2 is 1.72 bits per heavy atom. The van der Waals surface area contributed by atoms with E-state index >= 15 is 0 Å². The zero-order valence-electron chi connectivity index (χ0n) is 13.0. The van der Waals surface area contributed by atoms with Gasteiger partial charge in [0.05, 0.1) is 0 Å². The van der Waals surface area contributed by atoms with Gasteiger partial charge in [-0.05, 0) is 37.8 Å². The summed E-state index contributed by atoms with van der Waals surface area (Å²) < 4.78 is 0. The van der Waals surface area contributed by atoms with Crippen LogP contribution in [0.1, 0.15) is 59.8 Å². The summed E-state index contributed by atoms with van der Waals surface area (Å²) >= 11 is 0. The van der Waals surface area contributed by atoms with Gasteiger partial charge in [0, 0.05) is 19.1 Å². The fourth-order valence-electron chi connectivity index (χ4n) is 3.31. The number of hydrogen-bond donors (Lipinski definition) is 1. The van der Waals surface area contributed by atoms with E-state index < -0.39 is 0 Å². The number of likely N-dealkylation sites (N-methyl/N-ethyl adjacent to an activating group) is 2. The standard InChI is InChI=1S/C16H34N2/c1-5-17-16(15-10-8-7-9-11-15)13-18(6-2)12-14(3)4/h14-17H,5-13H2,1-4H3. The lowest BCUT2D eigenvalue weighted by atomic mass is 9.83. The molecule has 1 saturated carbocycles. The van der Waals surface area contributed by atoms with Crippen LogP contribution in [0.25, 0.3) is 0 Å². The van der Waals surface area contributed by atoms with Crippen LogP contribution in [0.4, 0.5) is 0 Å². The number of rotatable bonds is 8. The number of nitrogens with zero attached hydrogens (tertiary/aromatic N) is 1. The van der Waals surface area contributed by atoms with Crippen molar-refractivity contribution in [3.8, 4) is 0 Å². The van der Waals surface area contributed by atoms with Gasteiger partial charge in [-0.1, -0.05) is 47.0 Å². The molecule has 1 N–H and O–H groups in total. The van der Waals surface area contributed by atoms with Crippen molar-refractivity contribution >= 4 is 0 Å². The summed E-state index contributed by atoms with van der Waals surface area (Å²) in [5, 5.41) is 3.75. The molecule has 1 unspecified atom stereocenters. The van der Waals surface area contributed by atoms with E-state index in [0.29, 0.717) is 6.04 Å². The Kier molecular flexibility index (Phi) is 7.92. The second-order valence-electron chi connectivity index (χ2n) is 6.31. The molecule has 1 aliphatic rings. The quantitative estimate of drug-likeness (QED) is 0.713. The second-order valence-corrected chi connectivity index (χ2v) is 6.31. The molecule has 2 heteroatoms. The Bertz CT molecular complexity index is 197. The van der Waals surface area contributed by atoms with Gasteiger partial charge in [0.2, 0.25) is 0 Å². The molecule has 2 nitrogen and oxygen atoms in total. The second kappa shape index (κ2) is 8.92. The molecule has 1 aliphatic carbocycles. The van der Waals surface area contributed by atoms with E-state index in [9.17, 15) is 0 Å². The molecule has 0 aromatic carbocycles. The molecule has 0 spiro atoms. The van der Waals surface area contributed by atoms with Crippen molar-refractivity contribution in [1.82, 2.24) is 10.2 Å². The predicted molar refractivity (Wildman–Crippen MR) is 81.0 cm³/mol. The molecule has 0 saturated heterocycles. The SMILES string of the molecule is CCNC(CN(CC)CC(C)C)C1CCCCC1. The zero-order valence-corrected chi connectivity index (χ0v) is 13.0. The lowest BCUT2D eigenvalue weighted by Gasteiger charge is -2.35. The van der Waals surface area contributed by atoms with Crippen LogP contribution in [-0.2, 0) is 0 Å². The maximum Gasteiger partial charge on any atom is 0.0223 e. The van der Waals surface area contributed by atoms with Gasteiger partial charge in [0.25, 0.3) is 0 Å². The first kappa shape index (κ1) is 16.0. The highest BCUT2D eigenvalue weighted by molar-refractivity contribution is 4.82. The van der Waals surface area contributed by atoms with Crippen LogP contribution in [0.2, 0.25) is 0 Å². The van der Waals surface area contributed by atoms with Gasteiger partial charge < -0.3 is 10.2 Å². The van der Waals surface area contributed by atoms with Crippen molar-refractivity contribution in [2.45, 2.75) is 65.8 Å². The minimum atomic E-state index is 0.717. The Morgan fingerprint density at radius 3 is 2.22 bits per heavy atom. The van der Waals surface area contributed by atoms with Crippen LogP contribution in [0.3, 0.4) is 0 Å². The largest absolute Gasteiger partial charge is 0.313 e. The molecule has 1 fully saturated rings. The van der Waals surface area contributed by atoms with Gasteiger partial charge in [-0.25, -0.2) is 0 Å². The van der Waals surface area contributed by atoms with E-state index in [-0.39, 0.29) is 0 Å². The Morgan fingerprint density at radius 1 is 1.06 bits per heavy atom. The molecule has 0 aliphatic heterocycles. The van der Waals surface area contributed by atoms with Crippen molar-refractivity contribution in [3.63, 3.8) is 0 Å². The summed E-state index contributed by atoms with van der Waals surface area (Å²) in [6, 6.07) is 0.717. The maximum atomic E-state index is 3.75. The molecular weight excluding hydrogens is 220 g/mol. The molecule has 0 heterocycles. The third-order valence-corrected chi connectivity index (χ3v) is 4.21. The molecule has 0 radical (unpaired) electrons. The molecular formula is C16H34N2. The lowest BCUT2D eigenvalue weighted by Crippen LogP contribution is -2.47. The minimum Gasteiger partial charge on any atom is -0.313 e. The van der Waals surface area contributed by atoms with E-state index in [4.69, 9.17) is 0 Å². The van der Waals surface area contributed by atoms with Gasteiger partial charge in [-0.2, -0.15) is 0 Å². The van der Waals surface area contributed by atoms with Gasteiger partial charge >= 0.3 is 0 Å². The van der Waals surface area contributed by atoms with E-state index in [1.54, 1.807) is 0 Å². The van der Waals surface area contributed by atoms with E-state index in [1.807, 2.05) is 0 Å². The summed E-state index contributed by atoms with van der Waals surface area (Å²) in [4.78, 5) is 2.63. The monoisotopic (exact) mass is 254 g/mol. The highest BCUT2D eigenvalue weighted by atomic mass is 15.1. The fraction of sp³-hybridized carbons (Fsp3) is 1.00.